The van der Waals surface area contributed by atoms with Crippen LogP contribution in [-0.4, -0.2) is 36.3 Å². The molecule has 1 fully saturated rings. The minimum absolute atomic E-state index is 0.516. The molecule has 32 heavy (non-hydrogen) atoms. The summed E-state index contributed by atoms with van der Waals surface area (Å²) in [5.41, 5.74) is 4.15. The van der Waals surface area contributed by atoms with E-state index in [-0.39, 0.29) is 0 Å². The molecule has 0 radical (unpaired) electrons. The monoisotopic (exact) mass is 458 g/mol. The summed E-state index contributed by atoms with van der Waals surface area (Å²) in [7, 11) is 0. The summed E-state index contributed by atoms with van der Waals surface area (Å²) < 4.78 is 5.52. The number of halogens is 1. The molecule has 0 amide bonds. The normalized spacial score (nSPS) is 14.5. The third kappa shape index (κ3) is 4.23. The molecule has 0 bridgehead atoms. The van der Waals surface area contributed by atoms with Gasteiger partial charge in [-0.3, -0.25) is 0 Å². The van der Waals surface area contributed by atoms with Crippen molar-refractivity contribution in [2.75, 3.05) is 31.2 Å². The minimum atomic E-state index is 0.516. The number of benzene rings is 2. The lowest BCUT2D eigenvalue weighted by Crippen LogP contribution is -2.37. The van der Waals surface area contributed by atoms with Crippen molar-refractivity contribution < 1.29 is 4.74 Å². The SMILES string of the molecule is N#CC(=Cc1cc2ccccc2nc1N1CCOCC1)c1nc(-c2ccc(Cl)cc2)cs1. The van der Waals surface area contributed by atoms with Crippen LogP contribution in [0.4, 0.5) is 5.82 Å². The third-order valence-corrected chi connectivity index (χ3v) is 6.47. The zero-order chi connectivity index (χ0) is 21.9. The molecule has 3 heterocycles. The summed E-state index contributed by atoms with van der Waals surface area (Å²) in [6.07, 6.45) is 1.90. The van der Waals surface area contributed by atoms with Gasteiger partial charge in [-0.15, -0.1) is 11.3 Å². The first kappa shape index (κ1) is 20.7. The number of nitrogens with zero attached hydrogens (tertiary/aromatic N) is 4. The predicted molar refractivity (Wildman–Crippen MR) is 131 cm³/mol. The first-order valence-electron chi connectivity index (χ1n) is 10.3. The van der Waals surface area contributed by atoms with Crippen molar-refractivity contribution in [3.05, 3.63) is 75.6 Å². The van der Waals surface area contributed by atoms with Crippen LogP contribution in [0.3, 0.4) is 0 Å². The van der Waals surface area contributed by atoms with Crippen molar-refractivity contribution in [3.63, 3.8) is 0 Å². The first-order valence-corrected chi connectivity index (χ1v) is 11.5. The van der Waals surface area contributed by atoms with Gasteiger partial charge in [-0.25, -0.2) is 9.97 Å². The molecule has 2 aromatic heterocycles. The van der Waals surface area contributed by atoms with Crippen LogP contribution in [0.1, 0.15) is 10.6 Å². The van der Waals surface area contributed by atoms with E-state index in [1.54, 1.807) is 0 Å². The van der Waals surface area contributed by atoms with Crippen LogP contribution in [0.2, 0.25) is 5.02 Å². The highest BCUT2D eigenvalue weighted by Gasteiger charge is 2.18. The fourth-order valence-electron chi connectivity index (χ4n) is 3.70. The zero-order valence-corrected chi connectivity index (χ0v) is 18.7. The van der Waals surface area contributed by atoms with Gasteiger partial charge < -0.3 is 9.64 Å². The molecule has 2 aromatic carbocycles. The van der Waals surface area contributed by atoms with Crippen LogP contribution in [0, 0.1) is 11.3 Å². The van der Waals surface area contributed by atoms with Gasteiger partial charge in [-0.1, -0.05) is 41.9 Å². The Morgan fingerprint density at radius 2 is 1.88 bits per heavy atom. The second-order valence-corrected chi connectivity index (χ2v) is 8.70. The Morgan fingerprint density at radius 1 is 1.09 bits per heavy atom. The lowest BCUT2D eigenvalue weighted by Gasteiger charge is -2.29. The van der Waals surface area contributed by atoms with E-state index in [2.05, 4.69) is 17.0 Å². The van der Waals surface area contributed by atoms with Gasteiger partial charge in [0.15, 0.2) is 0 Å². The van der Waals surface area contributed by atoms with Gasteiger partial charge in [-0.05, 0) is 30.3 Å². The van der Waals surface area contributed by atoms with Crippen LogP contribution in [0.15, 0.2) is 60.0 Å². The molecule has 0 unspecified atom stereocenters. The Balaban J connectivity index is 1.57. The van der Waals surface area contributed by atoms with Crippen LogP contribution >= 0.6 is 22.9 Å². The Morgan fingerprint density at radius 3 is 2.66 bits per heavy atom. The zero-order valence-electron chi connectivity index (χ0n) is 17.2. The topological polar surface area (TPSA) is 62.0 Å². The fourth-order valence-corrected chi connectivity index (χ4v) is 4.63. The summed E-state index contributed by atoms with van der Waals surface area (Å²) >= 11 is 7.46. The Kier molecular flexibility index (Phi) is 5.87. The maximum Gasteiger partial charge on any atom is 0.136 e. The quantitative estimate of drug-likeness (QED) is 0.355. The van der Waals surface area contributed by atoms with Gasteiger partial charge in [0, 0.05) is 40.0 Å². The number of para-hydroxylation sites is 1. The fraction of sp³-hybridized carbons (Fsp3) is 0.160. The van der Waals surface area contributed by atoms with Crippen molar-refractivity contribution in [2.45, 2.75) is 0 Å². The molecule has 5 rings (SSSR count). The van der Waals surface area contributed by atoms with Crippen molar-refractivity contribution in [2.24, 2.45) is 0 Å². The summed E-state index contributed by atoms with van der Waals surface area (Å²) in [6.45, 7) is 2.87. The number of thiazole rings is 1. The van der Waals surface area contributed by atoms with Crippen molar-refractivity contribution >= 4 is 51.3 Å². The van der Waals surface area contributed by atoms with Crippen molar-refractivity contribution in [3.8, 4) is 17.3 Å². The number of aromatic nitrogens is 2. The highest BCUT2D eigenvalue weighted by Crippen LogP contribution is 2.31. The van der Waals surface area contributed by atoms with Crippen LogP contribution < -0.4 is 4.90 Å². The summed E-state index contributed by atoms with van der Waals surface area (Å²) in [6, 6.07) is 20.0. The Bertz CT molecular complexity index is 1330. The van der Waals surface area contributed by atoms with E-state index in [0.29, 0.717) is 28.8 Å². The number of anilines is 1. The highest BCUT2D eigenvalue weighted by molar-refractivity contribution is 7.11. The second-order valence-electron chi connectivity index (χ2n) is 7.41. The van der Waals surface area contributed by atoms with Gasteiger partial charge in [0.2, 0.25) is 0 Å². The molecule has 0 aliphatic carbocycles. The molecular formula is C25H19ClN4OS. The van der Waals surface area contributed by atoms with Crippen molar-refractivity contribution in [1.29, 1.82) is 5.26 Å². The molecule has 0 spiro atoms. The van der Waals surface area contributed by atoms with Crippen LogP contribution in [-0.2, 0) is 4.74 Å². The van der Waals surface area contributed by atoms with E-state index in [0.717, 1.165) is 46.6 Å². The molecule has 158 valence electrons. The summed E-state index contributed by atoms with van der Waals surface area (Å²) in [5.74, 6) is 0.870. The van der Waals surface area contributed by atoms with Crippen LogP contribution in [0.5, 0.6) is 0 Å². The lowest BCUT2D eigenvalue weighted by molar-refractivity contribution is 0.122. The predicted octanol–water partition coefficient (Wildman–Crippen LogP) is 5.91. The van der Waals surface area contributed by atoms with Gasteiger partial charge >= 0.3 is 0 Å². The summed E-state index contributed by atoms with van der Waals surface area (Å²) in [4.78, 5) is 11.9. The standard InChI is InChI=1S/C25H19ClN4OS/c26-21-7-5-17(6-8-21)23-16-32-25(29-23)20(15-27)14-19-13-18-3-1-2-4-22(18)28-24(19)30-9-11-31-12-10-30/h1-8,13-14,16H,9-12H2. The van der Waals surface area contributed by atoms with E-state index in [9.17, 15) is 5.26 Å². The van der Waals surface area contributed by atoms with Gasteiger partial charge in [0.05, 0.1) is 30.0 Å². The number of hydrogen-bond acceptors (Lipinski definition) is 6. The molecule has 4 aromatic rings. The number of rotatable bonds is 4. The van der Waals surface area contributed by atoms with Crippen LogP contribution in [0.25, 0.3) is 33.8 Å². The number of fused-ring (bicyclic) bond motifs is 1. The molecule has 5 nitrogen and oxygen atoms in total. The van der Waals surface area contributed by atoms with E-state index in [4.69, 9.17) is 26.3 Å². The molecule has 1 aliphatic rings. The maximum atomic E-state index is 9.95. The van der Waals surface area contributed by atoms with Gasteiger partial charge in [0.25, 0.3) is 0 Å². The van der Waals surface area contributed by atoms with E-state index >= 15 is 0 Å². The smallest absolute Gasteiger partial charge is 0.136 e. The molecular weight excluding hydrogens is 440 g/mol. The highest BCUT2D eigenvalue weighted by atomic mass is 35.5. The molecule has 1 aliphatic heterocycles. The number of ether oxygens (including phenoxy) is 1. The third-order valence-electron chi connectivity index (χ3n) is 5.34. The number of allylic oxidation sites excluding steroid dienone is 1. The number of morpholine rings is 1. The summed E-state index contributed by atoms with van der Waals surface area (Å²) in [5, 5.41) is 14.3. The van der Waals surface area contributed by atoms with E-state index < -0.39 is 0 Å². The molecule has 0 saturated carbocycles. The second kappa shape index (κ2) is 9.09. The van der Waals surface area contributed by atoms with Gasteiger partial charge in [-0.2, -0.15) is 5.26 Å². The van der Waals surface area contributed by atoms with Gasteiger partial charge in [0.1, 0.15) is 16.9 Å². The average molecular weight is 459 g/mol. The Hall–Kier alpha value is -3.24. The largest absolute Gasteiger partial charge is 0.378 e. The number of hydrogen-bond donors (Lipinski definition) is 0. The molecule has 7 heteroatoms. The van der Waals surface area contributed by atoms with Crippen molar-refractivity contribution in [1.82, 2.24) is 9.97 Å². The van der Waals surface area contributed by atoms with E-state index in [1.807, 2.05) is 60.0 Å². The number of pyridine rings is 1. The lowest BCUT2D eigenvalue weighted by atomic mass is 10.1. The maximum absolute atomic E-state index is 9.95. The number of nitriles is 1. The van der Waals surface area contributed by atoms with E-state index in [1.165, 1.54) is 11.3 Å². The average Bonchev–Trinajstić information content (AvgIpc) is 3.33. The molecule has 0 atom stereocenters. The minimum Gasteiger partial charge on any atom is -0.378 e. The molecule has 1 saturated heterocycles. The molecule has 0 N–H and O–H groups in total. The first-order chi connectivity index (χ1) is 15.7. The Labute approximate surface area is 195 Å².